The Balaban J connectivity index is 1.33. The number of carbonyl (C=O) groups excluding carboxylic acids is 3. The van der Waals surface area contributed by atoms with Crippen LogP contribution in [0.15, 0.2) is 41.5 Å². The number of nitrogens with one attached hydrogen (secondary N) is 3. The summed E-state index contributed by atoms with van der Waals surface area (Å²) in [6.07, 6.45) is 0.547. The minimum absolute atomic E-state index is 0.0801. The van der Waals surface area contributed by atoms with Crippen LogP contribution in [0, 0.1) is 0 Å². The first-order valence-electron chi connectivity index (χ1n) is 12.5. The number of halogens is 2. The van der Waals surface area contributed by atoms with Crippen LogP contribution in [0.2, 0.25) is 10.0 Å². The van der Waals surface area contributed by atoms with E-state index in [4.69, 9.17) is 37.4 Å². The molecule has 0 atom stereocenters. The van der Waals surface area contributed by atoms with E-state index in [1.165, 1.54) is 5.01 Å². The molecule has 0 radical (unpaired) electrons. The number of likely N-dealkylation sites (N-methyl/N-ethyl adjacent to an activating group) is 1. The first kappa shape index (κ1) is 28.5. The maximum absolute atomic E-state index is 13.2. The Morgan fingerprint density at radius 3 is 2.56 bits per heavy atom. The molecule has 2 aliphatic heterocycles. The average Bonchev–Trinajstić information content (AvgIpc) is 3.36. The molecule has 0 bridgehead atoms. The molecule has 12 heteroatoms. The van der Waals surface area contributed by atoms with Crippen molar-refractivity contribution in [3.05, 3.63) is 62.7 Å². The molecule has 0 aromatic heterocycles. The van der Waals surface area contributed by atoms with E-state index < -0.39 is 0 Å². The van der Waals surface area contributed by atoms with E-state index >= 15 is 0 Å². The van der Waals surface area contributed by atoms with Crippen molar-refractivity contribution in [1.29, 1.82) is 0 Å². The molecule has 0 unspecified atom stereocenters. The lowest BCUT2D eigenvalue weighted by molar-refractivity contribution is -0.133. The number of carbonyl (C=O) groups is 3. The summed E-state index contributed by atoms with van der Waals surface area (Å²) >= 11 is 12.5. The van der Waals surface area contributed by atoms with Gasteiger partial charge in [0.25, 0.3) is 11.8 Å². The van der Waals surface area contributed by atoms with Crippen LogP contribution in [-0.2, 0) is 27.5 Å². The summed E-state index contributed by atoms with van der Waals surface area (Å²) in [5.74, 6) is 0.787. The van der Waals surface area contributed by atoms with Crippen LogP contribution < -0.4 is 30.3 Å². The van der Waals surface area contributed by atoms with Gasteiger partial charge in [-0.2, -0.15) is 0 Å². The Bertz CT molecular complexity index is 1300. The molecule has 2 aromatic carbocycles. The molecule has 4 rings (SSSR count). The molecule has 208 valence electrons. The molecule has 2 aromatic rings. The highest BCUT2D eigenvalue weighted by Crippen LogP contribution is 2.36. The quantitative estimate of drug-likeness (QED) is 0.374. The Hall–Kier alpha value is -3.47. The van der Waals surface area contributed by atoms with Crippen LogP contribution in [0.4, 0.5) is 0 Å². The van der Waals surface area contributed by atoms with Crippen molar-refractivity contribution in [2.24, 2.45) is 0 Å². The van der Waals surface area contributed by atoms with Crippen molar-refractivity contribution in [2.75, 3.05) is 26.5 Å². The van der Waals surface area contributed by atoms with Crippen molar-refractivity contribution in [3.8, 4) is 17.2 Å². The van der Waals surface area contributed by atoms with E-state index in [2.05, 4.69) is 16.1 Å². The van der Waals surface area contributed by atoms with E-state index in [9.17, 15) is 14.4 Å². The highest BCUT2D eigenvalue weighted by atomic mass is 35.5. The summed E-state index contributed by atoms with van der Waals surface area (Å²) in [6.45, 7) is 5.05. The van der Waals surface area contributed by atoms with Gasteiger partial charge in [0, 0.05) is 53.4 Å². The van der Waals surface area contributed by atoms with Crippen LogP contribution in [0.1, 0.15) is 37.8 Å². The molecular formula is C27H30Cl2N4O6. The third-order valence-electron chi connectivity index (χ3n) is 6.30. The van der Waals surface area contributed by atoms with Gasteiger partial charge in [0.2, 0.25) is 12.7 Å². The fourth-order valence-corrected chi connectivity index (χ4v) is 4.58. The molecule has 2 heterocycles. The number of hydrogen-bond acceptors (Lipinski definition) is 7. The third kappa shape index (κ3) is 7.35. The Kier molecular flexibility index (Phi) is 9.55. The van der Waals surface area contributed by atoms with Gasteiger partial charge in [-0.15, -0.1) is 0 Å². The fraction of sp³-hybridized carbons (Fsp3) is 0.370. The minimum Gasteiger partial charge on any atom is -0.483 e. The number of benzene rings is 2. The first-order chi connectivity index (χ1) is 18.7. The van der Waals surface area contributed by atoms with Crippen LogP contribution in [-0.4, -0.2) is 49.2 Å². The summed E-state index contributed by atoms with van der Waals surface area (Å²) < 4.78 is 16.4. The van der Waals surface area contributed by atoms with Crippen LogP contribution in [0.25, 0.3) is 0 Å². The van der Waals surface area contributed by atoms with Crippen molar-refractivity contribution < 1.29 is 28.6 Å². The standard InChI is InChI=1S/C27H30Cl2N4O6/c1-3-30-26(35)14-37-22-5-4-19(28)8-18(22)12-31-25(34)10-20-16(2)6-7-33(27(20)36)32-13-17-9-23-24(11-21(17)29)39-15-38-23/h4-5,8-9,11,32H,3,6-7,10,12-15H2,1-2H3,(H,30,35)(H,31,34). The number of nitrogens with zero attached hydrogens (tertiary/aromatic N) is 1. The van der Waals surface area contributed by atoms with Gasteiger partial charge in [0.15, 0.2) is 18.1 Å². The smallest absolute Gasteiger partial charge is 0.264 e. The molecule has 2 aliphatic rings. The number of amides is 3. The predicted molar refractivity (Wildman–Crippen MR) is 146 cm³/mol. The van der Waals surface area contributed by atoms with Gasteiger partial charge in [-0.1, -0.05) is 28.8 Å². The maximum atomic E-state index is 13.2. The number of ether oxygens (including phenoxy) is 3. The molecule has 0 saturated carbocycles. The zero-order valence-electron chi connectivity index (χ0n) is 21.7. The second-order valence-corrected chi connectivity index (χ2v) is 9.89. The van der Waals surface area contributed by atoms with Crippen LogP contribution >= 0.6 is 23.2 Å². The summed E-state index contributed by atoms with van der Waals surface area (Å²) in [5.41, 5.74) is 5.79. The minimum atomic E-state index is -0.326. The summed E-state index contributed by atoms with van der Waals surface area (Å²) in [6, 6.07) is 8.43. The van der Waals surface area contributed by atoms with Gasteiger partial charge in [-0.3, -0.25) is 19.4 Å². The maximum Gasteiger partial charge on any atom is 0.264 e. The largest absolute Gasteiger partial charge is 0.483 e. The van der Waals surface area contributed by atoms with Crippen molar-refractivity contribution in [1.82, 2.24) is 21.1 Å². The predicted octanol–water partition coefficient (Wildman–Crippen LogP) is 3.50. The third-order valence-corrected chi connectivity index (χ3v) is 6.89. The second-order valence-electron chi connectivity index (χ2n) is 9.05. The Morgan fingerprint density at radius 1 is 1.03 bits per heavy atom. The molecule has 39 heavy (non-hydrogen) atoms. The molecule has 10 nitrogen and oxygen atoms in total. The summed E-state index contributed by atoms with van der Waals surface area (Å²) in [7, 11) is 0. The summed E-state index contributed by atoms with van der Waals surface area (Å²) in [4.78, 5) is 37.8. The molecule has 0 saturated heterocycles. The molecular weight excluding hydrogens is 547 g/mol. The summed E-state index contributed by atoms with van der Waals surface area (Å²) in [5, 5.41) is 7.95. The highest BCUT2D eigenvalue weighted by molar-refractivity contribution is 6.31. The van der Waals surface area contributed by atoms with E-state index in [0.29, 0.717) is 64.5 Å². The van der Waals surface area contributed by atoms with Crippen LogP contribution in [0.3, 0.4) is 0 Å². The monoisotopic (exact) mass is 576 g/mol. The first-order valence-corrected chi connectivity index (χ1v) is 13.3. The van der Waals surface area contributed by atoms with Gasteiger partial charge in [0.05, 0.1) is 6.42 Å². The lowest BCUT2D eigenvalue weighted by Gasteiger charge is -2.30. The van der Waals surface area contributed by atoms with Gasteiger partial charge < -0.3 is 24.8 Å². The van der Waals surface area contributed by atoms with Crippen molar-refractivity contribution in [3.63, 3.8) is 0 Å². The average molecular weight is 577 g/mol. The van der Waals surface area contributed by atoms with Gasteiger partial charge in [-0.05, 0) is 50.1 Å². The van der Waals surface area contributed by atoms with Gasteiger partial charge in [0.1, 0.15) is 5.75 Å². The van der Waals surface area contributed by atoms with Crippen molar-refractivity contribution >= 4 is 40.9 Å². The van der Waals surface area contributed by atoms with Gasteiger partial charge >= 0.3 is 0 Å². The molecule has 0 aliphatic carbocycles. The number of rotatable bonds is 11. The molecule has 3 N–H and O–H groups in total. The Morgan fingerprint density at radius 2 is 1.79 bits per heavy atom. The SMILES string of the molecule is CCNC(=O)COc1ccc(Cl)cc1CNC(=O)CC1=C(C)CCN(NCc2cc3c(cc2Cl)OCO3)C1=O. The lowest BCUT2D eigenvalue weighted by atomic mass is 9.98. The highest BCUT2D eigenvalue weighted by Gasteiger charge is 2.27. The number of hydrazine groups is 1. The number of hydrogen-bond donors (Lipinski definition) is 3. The molecule has 0 fully saturated rings. The topological polar surface area (TPSA) is 118 Å². The molecule has 3 amide bonds. The normalized spacial score (nSPS) is 14.5. The van der Waals surface area contributed by atoms with E-state index in [1.807, 2.05) is 13.8 Å². The Labute approximate surface area is 236 Å². The van der Waals surface area contributed by atoms with Gasteiger partial charge in [-0.25, -0.2) is 5.43 Å². The lowest BCUT2D eigenvalue weighted by Crippen LogP contribution is -2.46. The number of fused-ring (bicyclic) bond motifs is 1. The van der Waals surface area contributed by atoms with E-state index in [1.54, 1.807) is 30.3 Å². The van der Waals surface area contributed by atoms with Crippen LogP contribution in [0.5, 0.6) is 17.2 Å². The van der Waals surface area contributed by atoms with E-state index in [-0.39, 0.29) is 44.1 Å². The van der Waals surface area contributed by atoms with Crippen molar-refractivity contribution in [2.45, 2.75) is 39.8 Å². The zero-order chi connectivity index (χ0) is 27.9. The second kappa shape index (κ2) is 13.1. The zero-order valence-corrected chi connectivity index (χ0v) is 23.2. The van der Waals surface area contributed by atoms with E-state index in [0.717, 1.165) is 11.1 Å². The molecule has 0 spiro atoms. The fourth-order valence-electron chi connectivity index (χ4n) is 4.17.